The van der Waals surface area contributed by atoms with E-state index in [0.717, 1.165) is 6.20 Å². The van der Waals surface area contributed by atoms with E-state index in [2.05, 4.69) is 25.9 Å². The molecule has 0 spiro atoms. The molecule has 2 aromatic rings. The summed E-state index contributed by atoms with van der Waals surface area (Å²) in [6, 6.07) is 4.67. The van der Waals surface area contributed by atoms with E-state index in [-0.39, 0.29) is 5.82 Å². The maximum atomic E-state index is 12.8. The Kier molecular flexibility index (Phi) is 4.29. The number of halogens is 4. The van der Waals surface area contributed by atoms with Gasteiger partial charge in [0.15, 0.2) is 5.82 Å². The summed E-state index contributed by atoms with van der Waals surface area (Å²) in [6.45, 7) is 0. The first kappa shape index (κ1) is 14.8. The summed E-state index contributed by atoms with van der Waals surface area (Å²) in [6.07, 6.45) is -2.13. The van der Waals surface area contributed by atoms with Gasteiger partial charge in [0, 0.05) is 16.2 Å². The van der Waals surface area contributed by atoms with Crippen LogP contribution in [0.2, 0.25) is 5.02 Å². The molecule has 0 atom stereocenters. The van der Waals surface area contributed by atoms with Crippen molar-refractivity contribution < 1.29 is 18.7 Å². The second-order valence-corrected chi connectivity index (χ2v) is 4.99. The van der Waals surface area contributed by atoms with Crippen molar-refractivity contribution in [2.75, 3.05) is 0 Å². The van der Waals surface area contributed by atoms with Crippen LogP contribution in [-0.2, 0) is 0 Å². The van der Waals surface area contributed by atoms with Crippen LogP contribution in [0.5, 0.6) is 0 Å². The third-order valence-corrected chi connectivity index (χ3v) is 3.65. The Morgan fingerprint density at radius 1 is 1.40 bits per heavy atom. The molecule has 0 saturated heterocycles. The Bertz CT molecular complexity index is 683. The first-order valence-electron chi connectivity index (χ1n) is 5.24. The molecule has 4 nitrogen and oxygen atoms in total. The zero-order valence-electron chi connectivity index (χ0n) is 9.65. The lowest BCUT2D eigenvalue weighted by Gasteiger charge is -2.07. The van der Waals surface area contributed by atoms with E-state index in [1.807, 2.05) is 0 Å². The molecule has 0 unspecified atom stereocenters. The fourth-order valence-corrected chi connectivity index (χ4v) is 2.00. The van der Waals surface area contributed by atoms with Gasteiger partial charge < -0.3 is 5.11 Å². The average molecular weight is 364 g/mol. The molecule has 0 fully saturated rings. The molecular formula is C12H6BrClF2N2O2. The van der Waals surface area contributed by atoms with Gasteiger partial charge in [-0.1, -0.05) is 11.6 Å². The first-order chi connectivity index (χ1) is 9.40. The Morgan fingerprint density at radius 2 is 2.10 bits per heavy atom. The van der Waals surface area contributed by atoms with Crippen LogP contribution in [-0.4, -0.2) is 21.0 Å². The van der Waals surface area contributed by atoms with Crippen molar-refractivity contribution in [3.8, 4) is 11.4 Å². The molecule has 0 amide bonds. The van der Waals surface area contributed by atoms with Crippen LogP contribution in [0, 0.1) is 0 Å². The number of aromatic nitrogens is 2. The Hall–Kier alpha value is -1.60. The molecule has 0 bridgehead atoms. The lowest BCUT2D eigenvalue weighted by molar-refractivity contribution is 0.0681. The molecule has 0 radical (unpaired) electrons. The van der Waals surface area contributed by atoms with Gasteiger partial charge in [-0.2, -0.15) is 0 Å². The highest BCUT2D eigenvalue weighted by Crippen LogP contribution is 2.29. The van der Waals surface area contributed by atoms with Crippen LogP contribution in [0.15, 0.2) is 28.9 Å². The monoisotopic (exact) mass is 362 g/mol. The van der Waals surface area contributed by atoms with E-state index >= 15 is 0 Å². The van der Waals surface area contributed by atoms with Gasteiger partial charge in [-0.05, 0) is 34.1 Å². The second kappa shape index (κ2) is 5.80. The van der Waals surface area contributed by atoms with E-state index in [4.69, 9.17) is 16.7 Å². The molecule has 8 heteroatoms. The molecule has 0 aliphatic heterocycles. The van der Waals surface area contributed by atoms with Crippen molar-refractivity contribution in [1.29, 1.82) is 0 Å². The lowest BCUT2D eigenvalue weighted by atomic mass is 10.2. The number of aromatic carboxylic acids is 1. The van der Waals surface area contributed by atoms with E-state index < -0.39 is 23.7 Å². The van der Waals surface area contributed by atoms with Crippen LogP contribution in [0.25, 0.3) is 11.4 Å². The number of benzene rings is 1. The van der Waals surface area contributed by atoms with Crippen LogP contribution in [0.4, 0.5) is 8.78 Å². The highest BCUT2D eigenvalue weighted by Gasteiger charge is 2.21. The van der Waals surface area contributed by atoms with E-state index in [0.29, 0.717) is 15.1 Å². The van der Waals surface area contributed by atoms with Crippen LogP contribution in [0.1, 0.15) is 22.5 Å². The molecule has 1 aromatic carbocycles. The van der Waals surface area contributed by atoms with Gasteiger partial charge in [0.2, 0.25) is 0 Å². The quantitative estimate of drug-likeness (QED) is 0.888. The van der Waals surface area contributed by atoms with Crippen molar-refractivity contribution >= 4 is 33.5 Å². The van der Waals surface area contributed by atoms with Crippen molar-refractivity contribution in [1.82, 2.24) is 9.97 Å². The zero-order chi connectivity index (χ0) is 14.9. The third-order valence-electron chi connectivity index (χ3n) is 2.43. The maximum Gasteiger partial charge on any atom is 0.339 e. The lowest BCUT2D eigenvalue weighted by Crippen LogP contribution is -2.08. The van der Waals surface area contributed by atoms with E-state index in [9.17, 15) is 13.6 Å². The van der Waals surface area contributed by atoms with E-state index in [1.54, 1.807) is 18.2 Å². The zero-order valence-corrected chi connectivity index (χ0v) is 12.0. The average Bonchev–Trinajstić information content (AvgIpc) is 2.41. The molecule has 0 aliphatic rings. The van der Waals surface area contributed by atoms with Gasteiger partial charge in [0.25, 0.3) is 6.43 Å². The molecule has 1 aromatic heterocycles. The number of alkyl halides is 2. The van der Waals surface area contributed by atoms with Crippen molar-refractivity contribution in [3.63, 3.8) is 0 Å². The number of carbonyl (C=O) groups is 1. The molecule has 1 N–H and O–H groups in total. The van der Waals surface area contributed by atoms with Gasteiger partial charge in [0.05, 0.1) is 5.02 Å². The summed E-state index contributed by atoms with van der Waals surface area (Å²) >= 11 is 9.03. The molecule has 2 rings (SSSR count). The van der Waals surface area contributed by atoms with Crippen LogP contribution >= 0.6 is 27.5 Å². The fourth-order valence-electron chi connectivity index (χ4n) is 1.50. The number of rotatable bonds is 3. The summed E-state index contributed by atoms with van der Waals surface area (Å²) in [4.78, 5) is 18.3. The van der Waals surface area contributed by atoms with Gasteiger partial charge in [-0.15, -0.1) is 0 Å². The first-order valence-corrected chi connectivity index (χ1v) is 6.41. The number of hydrogen-bond acceptors (Lipinski definition) is 3. The minimum Gasteiger partial charge on any atom is -0.478 e. The topological polar surface area (TPSA) is 63.1 Å². The van der Waals surface area contributed by atoms with Crippen molar-refractivity contribution in [2.45, 2.75) is 6.43 Å². The van der Waals surface area contributed by atoms with Crippen molar-refractivity contribution in [3.05, 3.63) is 45.1 Å². The second-order valence-electron chi connectivity index (χ2n) is 3.73. The summed E-state index contributed by atoms with van der Waals surface area (Å²) in [5.41, 5.74) is -0.981. The summed E-state index contributed by atoms with van der Waals surface area (Å²) in [7, 11) is 0. The highest BCUT2D eigenvalue weighted by molar-refractivity contribution is 9.10. The molecule has 0 aliphatic carbocycles. The predicted octanol–water partition coefficient (Wildman–Crippen LogP) is 4.20. The largest absolute Gasteiger partial charge is 0.478 e. The standard InChI is InChI=1S/C12H6BrClF2N2O2/c13-7-3-5(1-2-8(7)14)11-17-4-6(12(19)20)9(18-11)10(15)16/h1-4,10H,(H,19,20). The number of carboxylic acids is 1. The van der Waals surface area contributed by atoms with Crippen LogP contribution < -0.4 is 0 Å². The number of carboxylic acid groups (broad SMARTS) is 1. The van der Waals surface area contributed by atoms with E-state index in [1.165, 1.54) is 0 Å². The third kappa shape index (κ3) is 2.94. The number of hydrogen-bond donors (Lipinski definition) is 1. The fraction of sp³-hybridized carbons (Fsp3) is 0.0833. The molecule has 1 heterocycles. The minimum absolute atomic E-state index is 0.00247. The summed E-state index contributed by atoms with van der Waals surface area (Å²) in [5, 5.41) is 9.27. The Morgan fingerprint density at radius 3 is 2.65 bits per heavy atom. The highest BCUT2D eigenvalue weighted by atomic mass is 79.9. The minimum atomic E-state index is -3.00. The number of nitrogens with zero attached hydrogens (tertiary/aromatic N) is 2. The Balaban J connectivity index is 2.55. The Labute approximate surface area is 125 Å². The maximum absolute atomic E-state index is 12.8. The van der Waals surface area contributed by atoms with Crippen LogP contribution in [0.3, 0.4) is 0 Å². The molecule has 20 heavy (non-hydrogen) atoms. The van der Waals surface area contributed by atoms with Crippen molar-refractivity contribution in [2.24, 2.45) is 0 Å². The molecule has 0 saturated carbocycles. The molecule has 104 valence electrons. The summed E-state index contributed by atoms with van der Waals surface area (Å²) < 4.78 is 26.2. The smallest absolute Gasteiger partial charge is 0.339 e. The summed E-state index contributed by atoms with van der Waals surface area (Å²) in [5.74, 6) is -1.49. The van der Waals surface area contributed by atoms with Gasteiger partial charge >= 0.3 is 5.97 Å². The SMILES string of the molecule is O=C(O)c1cnc(-c2ccc(Cl)c(Br)c2)nc1C(F)F. The van der Waals surface area contributed by atoms with Gasteiger partial charge in [-0.25, -0.2) is 23.5 Å². The predicted molar refractivity (Wildman–Crippen MR) is 72.1 cm³/mol. The molecular weight excluding hydrogens is 357 g/mol. The normalized spacial score (nSPS) is 10.8. The van der Waals surface area contributed by atoms with Gasteiger partial charge in [0.1, 0.15) is 11.3 Å². The van der Waals surface area contributed by atoms with Gasteiger partial charge in [-0.3, -0.25) is 0 Å².